The fraction of sp³-hybridized carbons (Fsp3) is 0.308. The number of nitrogens with one attached hydrogen (secondary N) is 1. The first kappa shape index (κ1) is 12.8. The second kappa shape index (κ2) is 4.57. The molecule has 0 aliphatic rings. The summed E-state index contributed by atoms with van der Waals surface area (Å²) in [5, 5.41) is 0.677. The maximum atomic E-state index is 11.9. The lowest BCUT2D eigenvalue weighted by Crippen LogP contribution is -1.99. The Morgan fingerprint density at radius 1 is 1.33 bits per heavy atom. The van der Waals surface area contributed by atoms with Crippen LogP contribution >= 0.6 is 0 Å². The van der Waals surface area contributed by atoms with Crippen molar-refractivity contribution < 1.29 is 13.2 Å². The second-order valence-electron chi connectivity index (χ2n) is 4.36. The molecular formula is C13H15NO3S. The van der Waals surface area contributed by atoms with Crippen LogP contribution in [-0.4, -0.2) is 25.4 Å². The van der Waals surface area contributed by atoms with E-state index in [0.717, 1.165) is 18.2 Å². The Balaban J connectivity index is 2.60. The molecule has 5 heteroatoms. The first-order valence-corrected chi connectivity index (χ1v) is 7.67. The molecule has 0 fully saturated rings. The molecule has 96 valence electrons. The smallest absolute Gasteiger partial charge is 0.175 e. The summed E-state index contributed by atoms with van der Waals surface area (Å²) in [6, 6.07) is 4.79. The van der Waals surface area contributed by atoms with Crippen molar-refractivity contribution in [3.8, 4) is 0 Å². The molecule has 1 N–H and O–H groups in total. The number of fused-ring (bicyclic) bond motifs is 1. The molecule has 0 aliphatic carbocycles. The number of aromatic amines is 1. The fourth-order valence-electron chi connectivity index (χ4n) is 1.92. The van der Waals surface area contributed by atoms with Gasteiger partial charge in [0.15, 0.2) is 15.6 Å². The SMILES string of the molecule is CCCC(=O)c1c[nH]c2ccc(S(C)(=O)=O)cc12. The number of hydrogen-bond acceptors (Lipinski definition) is 3. The van der Waals surface area contributed by atoms with Crippen molar-refractivity contribution in [2.75, 3.05) is 6.26 Å². The van der Waals surface area contributed by atoms with Gasteiger partial charge in [0.2, 0.25) is 0 Å². The van der Waals surface area contributed by atoms with Gasteiger partial charge in [-0.25, -0.2) is 8.42 Å². The first-order chi connectivity index (χ1) is 8.43. The van der Waals surface area contributed by atoms with Gasteiger partial charge < -0.3 is 4.98 Å². The van der Waals surface area contributed by atoms with Gasteiger partial charge >= 0.3 is 0 Å². The van der Waals surface area contributed by atoms with Gasteiger partial charge in [0.05, 0.1) is 4.90 Å². The summed E-state index contributed by atoms with van der Waals surface area (Å²) in [7, 11) is -3.25. The topological polar surface area (TPSA) is 67.0 Å². The lowest BCUT2D eigenvalue weighted by atomic mass is 10.1. The molecule has 2 rings (SSSR count). The van der Waals surface area contributed by atoms with Crippen LogP contribution in [0.3, 0.4) is 0 Å². The molecule has 1 aromatic heterocycles. The lowest BCUT2D eigenvalue weighted by Gasteiger charge is -2.00. The zero-order valence-corrected chi connectivity index (χ0v) is 11.2. The van der Waals surface area contributed by atoms with Gasteiger partial charge in [-0.15, -0.1) is 0 Å². The summed E-state index contributed by atoms with van der Waals surface area (Å²) in [6.45, 7) is 1.94. The number of carbonyl (C=O) groups excluding carboxylic acids is 1. The molecule has 0 spiro atoms. The van der Waals surface area contributed by atoms with Crippen LogP contribution in [0.1, 0.15) is 30.1 Å². The number of ketones is 1. The number of rotatable bonds is 4. The van der Waals surface area contributed by atoms with Crippen molar-refractivity contribution in [3.05, 3.63) is 30.0 Å². The number of H-pyrrole nitrogens is 1. The van der Waals surface area contributed by atoms with E-state index in [2.05, 4.69) is 4.98 Å². The quantitative estimate of drug-likeness (QED) is 0.864. The third-order valence-electron chi connectivity index (χ3n) is 2.86. The molecule has 0 amide bonds. The summed E-state index contributed by atoms with van der Waals surface area (Å²) in [4.78, 5) is 15.1. The first-order valence-electron chi connectivity index (χ1n) is 5.78. The molecule has 18 heavy (non-hydrogen) atoms. The van der Waals surface area contributed by atoms with E-state index in [0.29, 0.717) is 17.4 Å². The summed E-state index contributed by atoms with van der Waals surface area (Å²) < 4.78 is 23.0. The molecule has 0 saturated heterocycles. The highest BCUT2D eigenvalue weighted by atomic mass is 32.2. The number of Topliss-reactive ketones (excluding diaryl/α,β-unsaturated/α-hetero) is 1. The highest BCUT2D eigenvalue weighted by Crippen LogP contribution is 2.23. The monoisotopic (exact) mass is 265 g/mol. The summed E-state index contributed by atoms with van der Waals surface area (Å²) in [5.41, 5.74) is 1.35. The van der Waals surface area contributed by atoms with Crippen molar-refractivity contribution in [1.82, 2.24) is 4.98 Å². The minimum atomic E-state index is -3.25. The van der Waals surface area contributed by atoms with Crippen LogP contribution < -0.4 is 0 Å². The van der Waals surface area contributed by atoms with E-state index in [1.165, 1.54) is 0 Å². The molecule has 0 unspecified atom stereocenters. The van der Waals surface area contributed by atoms with Gasteiger partial charge in [-0.05, 0) is 24.6 Å². The van der Waals surface area contributed by atoms with Crippen LogP contribution in [0.5, 0.6) is 0 Å². The average molecular weight is 265 g/mol. The fourth-order valence-corrected chi connectivity index (χ4v) is 2.57. The third-order valence-corrected chi connectivity index (χ3v) is 3.97. The van der Waals surface area contributed by atoms with E-state index in [-0.39, 0.29) is 10.7 Å². The Kier molecular flexibility index (Phi) is 3.26. The van der Waals surface area contributed by atoms with Crippen molar-refractivity contribution in [1.29, 1.82) is 0 Å². The maximum absolute atomic E-state index is 11.9. The average Bonchev–Trinajstić information content (AvgIpc) is 2.70. The van der Waals surface area contributed by atoms with Crippen molar-refractivity contribution in [2.45, 2.75) is 24.7 Å². The Hall–Kier alpha value is -1.62. The Morgan fingerprint density at radius 2 is 2.06 bits per heavy atom. The molecule has 0 saturated carbocycles. The molecular weight excluding hydrogens is 250 g/mol. The van der Waals surface area contributed by atoms with E-state index in [4.69, 9.17) is 0 Å². The minimum absolute atomic E-state index is 0.0365. The van der Waals surface area contributed by atoms with E-state index in [1.54, 1.807) is 24.4 Å². The summed E-state index contributed by atoms with van der Waals surface area (Å²) >= 11 is 0. The van der Waals surface area contributed by atoms with Gasteiger partial charge in [-0.2, -0.15) is 0 Å². The Morgan fingerprint density at radius 3 is 2.67 bits per heavy atom. The Bertz CT molecular complexity index is 698. The predicted octanol–water partition coefficient (Wildman–Crippen LogP) is 2.55. The molecule has 0 atom stereocenters. The van der Waals surface area contributed by atoms with Gasteiger partial charge in [-0.3, -0.25) is 4.79 Å². The molecule has 1 heterocycles. The number of sulfone groups is 1. The van der Waals surface area contributed by atoms with Gasteiger partial charge in [0.1, 0.15) is 0 Å². The van der Waals surface area contributed by atoms with Crippen molar-refractivity contribution >= 4 is 26.5 Å². The second-order valence-corrected chi connectivity index (χ2v) is 6.37. The van der Waals surface area contributed by atoms with Crippen LogP contribution in [0.4, 0.5) is 0 Å². The number of benzene rings is 1. The molecule has 4 nitrogen and oxygen atoms in total. The van der Waals surface area contributed by atoms with Crippen molar-refractivity contribution in [3.63, 3.8) is 0 Å². The van der Waals surface area contributed by atoms with E-state index < -0.39 is 9.84 Å². The largest absolute Gasteiger partial charge is 0.360 e. The minimum Gasteiger partial charge on any atom is -0.360 e. The molecule has 1 aromatic carbocycles. The van der Waals surface area contributed by atoms with Gasteiger partial charge in [0, 0.05) is 35.3 Å². The predicted molar refractivity (Wildman–Crippen MR) is 70.6 cm³/mol. The third kappa shape index (κ3) is 2.31. The van der Waals surface area contributed by atoms with Crippen LogP contribution in [0.25, 0.3) is 10.9 Å². The number of aromatic nitrogens is 1. The Labute approximate surface area is 106 Å². The normalized spacial score (nSPS) is 11.9. The van der Waals surface area contributed by atoms with E-state index >= 15 is 0 Å². The summed E-state index contributed by atoms with van der Waals surface area (Å²) in [5.74, 6) is 0.0365. The zero-order valence-electron chi connectivity index (χ0n) is 10.4. The highest BCUT2D eigenvalue weighted by Gasteiger charge is 2.14. The molecule has 0 aliphatic heterocycles. The van der Waals surface area contributed by atoms with Crippen LogP contribution in [0, 0.1) is 0 Å². The van der Waals surface area contributed by atoms with Crippen LogP contribution in [0.15, 0.2) is 29.3 Å². The van der Waals surface area contributed by atoms with Gasteiger partial charge in [-0.1, -0.05) is 6.92 Å². The molecule has 2 aromatic rings. The molecule has 0 radical (unpaired) electrons. The van der Waals surface area contributed by atoms with E-state index in [9.17, 15) is 13.2 Å². The standard InChI is InChI=1S/C13H15NO3S/c1-3-4-13(15)11-8-14-12-6-5-9(7-10(11)12)18(2,16)17/h5-8,14H,3-4H2,1-2H3. The van der Waals surface area contributed by atoms with Gasteiger partial charge in [0.25, 0.3) is 0 Å². The summed E-state index contributed by atoms with van der Waals surface area (Å²) in [6.07, 6.45) is 4.05. The highest BCUT2D eigenvalue weighted by molar-refractivity contribution is 7.90. The maximum Gasteiger partial charge on any atom is 0.175 e. The molecule has 0 bridgehead atoms. The van der Waals surface area contributed by atoms with Crippen molar-refractivity contribution in [2.24, 2.45) is 0 Å². The zero-order chi connectivity index (χ0) is 13.3. The number of carbonyl (C=O) groups is 1. The van der Waals surface area contributed by atoms with E-state index in [1.807, 2.05) is 6.92 Å². The van der Waals surface area contributed by atoms with Crippen LogP contribution in [-0.2, 0) is 9.84 Å². The van der Waals surface area contributed by atoms with Crippen LogP contribution in [0.2, 0.25) is 0 Å². The lowest BCUT2D eigenvalue weighted by molar-refractivity contribution is 0.0983. The number of hydrogen-bond donors (Lipinski definition) is 1.